The van der Waals surface area contributed by atoms with Gasteiger partial charge in [0.1, 0.15) is 6.04 Å². The van der Waals surface area contributed by atoms with Gasteiger partial charge >= 0.3 is 5.97 Å². The third-order valence-electron chi connectivity index (χ3n) is 4.68. The van der Waals surface area contributed by atoms with Gasteiger partial charge in [-0.2, -0.15) is 0 Å². The lowest BCUT2D eigenvalue weighted by Crippen LogP contribution is -2.40. The van der Waals surface area contributed by atoms with Crippen LogP contribution in [0, 0.1) is 0 Å². The molecule has 0 N–H and O–H groups in total. The van der Waals surface area contributed by atoms with Crippen molar-refractivity contribution in [2.24, 2.45) is 4.99 Å². The highest BCUT2D eigenvalue weighted by Crippen LogP contribution is 2.34. The molecule has 0 bridgehead atoms. The first-order chi connectivity index (χ1) is 14.5. The van der Waals surface area contributed by atoms with E-state index in [2.05, 4.69) is 9.98 Å². The van der Waals surface area contributed by atoms with Gasteiger partial charge in [0.15, 0.2) is 4.80 Å². The average molecular weight is 440 g/mol. The molecule has 0 amide bonds. The summed E-state index contributed by atoms with van der Waals surface area (Å²) >= 11 is 7.72. The molecule has 0 saturated carbocycles. The van der Waals surface area contributed by atoms with Gasteiger partial charge < -0.3 is 4.74 Å². The van der Waals surface area contributed by atoms with E-state index in [0.29, 0.717) is 36.9 Å². The number of hydrogen-bond donors (Lipinski definition) is 0. The maximum absolute atomic E-state index is 13.4. The first-order valence-corrected chi connectivity index (χ1v) is 10.6. The zero-order chi connectivity index (χ0) is 21.3. The number of thiazole rings is 1. The fourth-order valence-electron chi connectivity index (χ4n) is 3.38. The van der Waals surface area contributed by atoms with Crippen LogP contribution in [0.1, 0.15) is 31.1 Å². The molecule has 30 heavy (non-hydrogen) atoms. The average Bonchev–Trinajstić information content (AvgIpc) is 3.03. The number of allylic oxidation sites excluding steroid dienone is 1. The summed E-state index contributed by atoms with van der Waals surface area (Å²) in [4.78, 5) is 35.5. The standard InChI is InChI=1S/C22H18ClN3O3S/c1-3-29-21(28)18-13(2)25-22-26(19(18)15-9-4-5-10-16(15)23)20(27)17(30-22)12-14-8-6-7-11-24-14/h4-12,19H,3H2,1-2H3/b17-12+. The number of carbonyl (C=O) groups excluding carboxylic acids is 1. The topological polar surface area (TPSA) is 73.6 Å². The second-order valence-corrected chi connectivity index (χ2v) is 7.99. The molecule has 2 aromatic heterocycles. The quantitative estimate of drug-likeness (QED) is 0.586. The molecule has 6 nitrogen and oxygen atoms in total. The Kier molecular flexibility index (Phi) is 5.65. The second kappa shape index (κ2) is 8.38. The monoisotopic (exact) mass is 439 g/mol. The molecule has 1 aliphatic rings. The molecule has 1 atom stereocenters. The Morgan fingerprint density at radius 3 is 2.73 bits per heavy atom. The van der Waals surface area contributed by atoms with Crippen LogP contribution in [-0.4, -0.2) is 22.1 Å². The third-order valence-corrected chi connectivity index (χ3v) is 6.01. The predicted molar refractivity (Wildman–Crippen MR) is 116 cm³/mol. The van der Waals surface area contributed by atoms with Crippen LogP contribution in [-0.2, 0) is 9.53 Å². The van der Waals surface area contributed by atoms with Crippen molar-refractivity contribution in [3.63, 3.8) is 0 Å². The van der Waals surface area contributed by atoms with Crippen LogP contribution < -0.4 is 14.9 Å². The van der Waals surface area contributed by atoms with Crippen molar-refractivity contribution < 1.29 is 9.53 Å². The molecular weight excluding hydrogens is 422 g/mol. The van der Waals surface area contributed by atoms with E-state index in [0.717, 1.165) is 0 Å². The molecule has 152 valence electrons. The molecule has 3 aromatic rings. The zero-order valence-corrected chi connectivity index (χ0v) is 17.9. The Morgan fingerprint density at radius 2 is 2.03 bits per heavy atom. The SMILES string of the molecule is CCOC(=O)C1=C(C)N=c2s/c(=C/c3ccccn3)c(=O)n2C1c1ccccc1Cl. The molecule has 1 aromatic carbocycles. The molecule has 8 heteroatoms. The first kappa shape index (κ1) is 20.3. The number of rotatable bonds is 4. The fourth-order valence-corrected chi connectivity index (χ4v) is 4.65. The Bertz CT molecular complexity index is 1330. The fraction of sp³-hybridized carbons (Fsp3) is 0.182. The van der Waals surface area contributed by atoms with Crippen molar-refractivity contribution in [3.05, 3.63) is 95.9 Å². The molecule has 0 saturated heterocycles. The van der Waals surface area contributed by atoms with Gasteiger partial charge in [0.05, 0.1) is 28.1 Å². The molecule has 3 heterocycles. The van der Waals surface area contributed by atoms with E-state index in [9.17, 15) is 9.59 Å². The Balaban J connectivity index is 1.99. The Hall–Kier alpha value is -3.03. The number of ether oxygens (including phenoxy) is 1. The van der Waals surface area contributed by atoms with Crippen LogP contribution in [0.25, 0.3) is 6.08 Å². The van der Waals surface area contributed by atoms with Gasteiger partial charge in [-0.15, -0.1) is 0 Å². The minimum atomic E-state index is -0.722. The summed E-state index contributed by atoms with van der Waals surface area (Å²) in [6.07, 6.45) is 3.38. The number of benzene rings is 1. The van der Waals surface area contributed by atoms with E-state index in [1.54, 1.807) is 44.3 Å². The zero-order valence-electron chi connectivity index (χ0n) is 16.3. The summed E-state index contributed by atoms with van der Waals surface area (Å²) in [7, 11) is 0. The molecule has 1 aliphatic heterocycles. The van der Waals surface area contributed by atoms with E-state index in [1.807, 2.05) is 24.3 Å². The second-order valence-electron chi connectivity index (χ2n) is 6.58. The van der Waals surface area contributed by atoms with Crippen molar-refractivity contribution in [2.75, 3.05) is 6.61 Å². The molecule has 0 spiro atoms. The number of aromatic nitrogens is 2. The molecule has 0 fully saturated rings. The van der Waals surface area contributed by atoms with Gasteiger partial charge in [0.2, 0.25) is 0 Å². The smallest absolute Gasteiger partial charge is 0.338 e. The Morgan fingerprint density at radius 1 is 1.27 bits per heavy atom. The van der Waals surface area contributed by atoms with Crippen LogP contribution in [0.4, 0.5) is 0 Å². The highest BCUT2D eigenvalue weighted by molar-refractivity contribution is 7.07. The van der Waals surface area contributed by atoms with Gasteiger partial charge in [-0.3, -0.25) is 14.3 Å². The van der Waals surface area contributed by atoms with Crippen LogP contribution in [0.2, 0.25) is 5.02 Å². The maximum Gasteiger partial charge on any atom is 0.338 e. The van der Waals surface area contributed by atoms with Gasteiger partial charge in [0.25, 0.3) is 5.56 Å². The lowest BCUT2D eigenvalue weighted by atomic mass is 9.96. The van der Waals surface area contributed by atoms with Crippen LogP contribution >= 0.6 is 22.9 Å². The van der Waals surface area contributed by atoms with E-state index in [-0.39, 0.29) is 12.2 Å². The van der Waals surface area contributed by atoms with Crippen LogP contribution in [0.15, 0.2) is 69.7 Å². The van der Waals surface area contributed by atoms with Gasteiger partial charge in [-0.05, 0) is 43.7 Å². The summed E-state index contributed by atoms with van der Waals surface area (Å²) in [5.41, 5.74) is 1.86. The van der Waals surface area contributed by atoms with Crippen molar-refractivity contribution in [2.45, 2.75) is 19.9 Å². The minimum absolute atomic E-state index is 0.217. The van der Waals surface area contributed by atoms with E-state index in [4.69, 9.17) is 16.3 Å². The molecular formula is C22H18ClN3O3S. The lowest BCUT2D eigenvalue weighted by Gasteiger charge is -2.25. The van der Waals surface area contributed by atoms with Gasteiger partial charge in [0, 0.05) is 11.2 Å². The van der Waals surface area contributed by atoms with Crippen molar-refractivity contribution in [3.8, 4) is 0 Å². The number of pyridine rings is 1. The molecule has 1 unspecified atom stereocenters. The van der Waals surface area contributed by atoms with Crippen molar-refractivity contribution in [1.82, 2.24) is 9.55 Å². The van der Waals surface area contributed by atoms with Crippen molar-refractivity contribution in [1.29, 1.82) is 0 Å². The van der Waals surface area contributed by atoms with E-state index < -0.39 is 12.0 Å². The third kappa shape index (κ3) is 3.62. The number of carbonyl (C=O) groups is 1. The highest BCUT2D eigenvalue weighted by Gasteiger charge is 2.34. The number of esters is 1. The number of halogens is 1. The summed E-state index contributed by atoms with van der Waals surface area (Å²) in [5, 5.41) is 0.457. The van der Waals surface area contributed by atoms with Crippen LogP contribution in [0.5, 0.6) is 0 Å². The summed E-state index contributed by atoms with van der Waals surface area (Å²) in [5.74, 6) is -0.511. The molecule has 4 rings (SSSR count). The first-order valence-electron chi connectivity index (χ1n) is 9.36. The summed E-state index contributed by atoms with van der Waals surface area (Å²) in [6.45, 7) is 3.70. The minimum Gasteiger partial charge on any atom is -0.463 e. The Labute approximate surface area is 181 Å². The lowest BCUT2D eigenvalue weighted by molar-refractivity contribution is -0.139. The van der Waals surface area contributed by atoms with Gasteiger partial charge in [-0.25, -0.2) is 9.79 Å². The highest BCUT2D eigenvalue weighted by atomic mass is 35.5. The largest absolute Gasteiger partial charge is 0.463 e. The predicted octanol–water partition coefficient (Wildman–Crippen LogP) is 2.85. The van der Waals surface area contributed by atoms with E-state index in [1.165, 1.54) is 15.9 Å². The normalized spacial score (nSPS) is 16.2. The summed E-state index contributed by atoms with van der Waals surface area (Å²) < 4.78 is 7.26. The van der Waals surface area contributed by atoms with Crippen molar-refractivity contribution >= 4 is 35.0 Å². The maximum atomic E-state index is 13.4. The molecule has 0 aliphatic carbocycles. The number of fused-ring (bicyclic) bond motifs is 1. The summed E-state index contributed by atoms with van der Waals surface area (Å²) in [6, 6.07) is 11.9. The molecule has 0 radical (unpaired) electrons. The van der Waals surface area contributed by atoms with Gasteiger partial charge in [-0.1, -0.05) is 47.2 Å². The number of hydrogen-bond acceptors (Lipinski definition) is 6. The van der Waals surface area contributed by atoms with Crippen LogP contribution in [0.3, 0.4) is 0 Å². The number of nitrogens with zero attached hydrogens (tertiary/aromatic N) is 3. The van der Waals surface area contributed by atoms with E-state index >= 15 is 0 Å².